The van der Waals surface area contributed by atoms with Gasteiger partial charge in [0.2, 0.25) is 0 Å². The van der Waals surface area contributed by atoms with Crippen LogP contribution in [0.3, 0.4) is 0 Å². The highest BCUT2D eigenvalue weighted by Crippen LogP contribution is 2.44. The number of amides is 1. The number of fused-ring (bicyclic) bond motifs is 1. The minimum Gasteiger partial charge on any atom is -0.345 e. The van der Waals surface area contributed by atoms with Gasteiger partial charge in [0, 0.05) is 11.5 Å². The zero-order chi connectivity index (χ0) is 17.2. The summed E-state index contributed by atoms with van der Waals surface area (Å²) in [6.07, 6.45) is 0.737. The summed E-state index contributed by atoms with van der Waals surface area (Å²) in [6.45, 7) is 0. The smallest absolute Gasteiger partial charge is 0.251 e. The molecule has 25 heavy (non-hydrogen) atoms. The average Bonchev–Trinajstić information content (AvgIpc) is 3.01. The molecule has 1 amide bonds. The van der Waals surface area contributed by atoms with Crippen molar-refractivity contribution >= 4 is 5.91 Å². The van der Waals surface area contributed by atoms with E-state index < -0.39 is 0 Å². The van der Waals surface area contributed by atoms with Gasteiger partial charge in [-0.2, -0.15) is 0 Å². The predicted octanol–water partition coefficient (Wildman–Crippen LogP) is 4.83. The van der Waals surface area contributed by atoms with Crippen LogP contribution in [0, 0.1) is 5.82 Å². The molecule has 2 nitrogen and oxygen atoms in total. The first-order valence-electron chi connectivity index (χ1n) is 8.42. The van der Waals surface area contributed by atoms with Gasteiger partial charge in [0.05, 0.1) is 6.04 Å². The molecule has 0 bridgehead atoms. The number of carbonyl (C=O) groups is 1. The fourth-order valence-corrected chi connectivity index (χ4v) is 3.64. The fraction of sp³-hybridized carbons (Fsp3) is 0.136. The molecule has 3 aromatic rings. The molecule has 0 aliphatic heterocycles. The molecule has 0 aromatic heterocycles. The quantitative estimate of drug-likeness (QED) is 0.731. The Morgan fingerprint density at radius 3 is 2.36 bits per heavy atom. The molecule has 0 saturated heterocycles. The number of hydrogen-bond acceptors (Lipinski definition) is 1. The Hall–Kier alpha value is -2.94. The van der Waals surface area contributed by atoms with Crippen LogP contribution in [-0.2, 0) is 0 Å². The van der Waals surface area contributed by atoms with E-state index in [2.05, 4.69) is 11.4 Å². The minimum atomic E-state index is -0.230. The number of carbonyl (C=O) groups excluding carboxylic acids is 1. The van der Waals surface area contributed by atoms with Crippen LogP contribution in [0.2, 0.25) is 0 Å². The Bertz CT molecular complexity index is 907. The third kappa shape index (κ3) is 3.05. The maximum Gasteiger partial charge on any atom is 0.251 e. The zero-order valence-corrected chi connectivity index (χ0v) is 13.7. The summed E-state index contributed by atoms with van der Waals surface area (Å²) in [7, 11) is 0. The molecule has 2 atom stereocenters. The van der Waals surface area contributed by atoms with E-state index in [-0.39, 0.29) is 23.7 Å². The van der Waals surface area contributed by atoms with Crippen molar-refractivity contribution in [3.8, 4) is 0 Å². The maximum atomic E-state index is 13.7. The van der Waals surface area contributed by atoms with Crippen LogP contribution < -0.4 is 5.32 Å². The van der Waals surface area contributed by atoms with Gasteiger partial charge in [-0.1, -0.05) is 54.6 Å². The van der Waals surface area contributed by atoms with Crippen molar-refractivity contribution in [2.75, 3.05) is 0 Å². The molecular weight excluding hydrogens is 313 g/mol. The molecule has 1 aliphatic rings. The van der Waals surface area contributed by atoms with E-state index in [1.807, 2.05) is 42.5 Å². The second kappa shape index (κ2) is 6.52. The second-order valence-electron chi connectivity index (χ2n) is 6.36. The van der Waals surface area contributed by atoms with E-state index in [1.165, 1.54) is 6.07 Å². The Labute approximate surface area is 146 Å². The van der Waals surface area contributed by atoms with Crippen LogP contribution in [0.25, 0.3) is 0 Å². The third-order valence-corrected chi connectivity index (χ3v) is 4.81. The lowest BCUT2D eigenvalue weighted by atomic mass is 9.93. The highest BCUT2D eigenvalue weighted by Gasteiger charge is 2.32. The van der Waals surface area contributed by atoms with Crippen LogP contribution in [-0.4, -0.2) is 5.91 Å². The topological polar surface area (TPSA) is 29.1 Å². The van der Waals surface area contributed by atoms with E-state index in [4.69, 9.17) is 0 Å². The molecular formula is C22H18FNO. The van der Waals surface area contributed by atoms with Gasteiger partial charge in [-0.15, -0.1) is 0 Å². The summed E-state index contributed by atoms with van der Waals surface area (Å²) in [5, 5.41) is 3.13. The number of halogens is 1. The third-order valence-electron chi connectivity index (χ3n) is 4.81. The lowest BCUT2D eigenvalue weighted by molar-refractivity contribution is 0.0936. The Balaban J connectivity index is 1.64. The Morgan fingerprint density at radius 1 is 0.880 bits per heavy atom. The summed E-state index contributed by atoms with van der Waals surface area (Å²) in [6, 6.07) is 24.0. The molecule has 0 unspecified atom stereocenters. The summed E-state index contributed by atoms with van der Waals surface area (Å²) in [4.78, 5) is 12.5. The van der Waals surface area contributed by atoms with Gasteiger partial charge in [-0.05, 0) is 47.4 Å². The first kappa shape index (κ1) is 15.6. The van der Waals surface area contributed by atoms with Crippen molar-refractivity contribution in [1.82, 2.24) is 5.32 Å². The number of hydrogen-bond donors (Lipinski definition) is 1. The van der Waals surface area contributed by atoms with Crippen molar-refractivity contribution in [1.29, 1.82) is 0 Å². The highest BCUT2D eigenvalue weighted by molar-refractivity contribution is 5.94. The van der Waals surface area contributed by atoms with Crippen LogP contribution in [0.4, 0.5) is 4.39 Å². The molecule has 1 aliphatic carbocycles. The van der Waals surface area contributed by atoms with Crippen molar-refractivity contribution in [3.63, 3.8) is 0 Å². The maximum absolute atomic E-state index is 13.7. The summed E-state index contributed by atoms with van der Waals surface area (Å²) >= 11 is 0. The summed E-state index contributed by atoms with van der Waals surface area (Å²) in [5.74, 6) is -0.222. The number of rotatable bonds is 3. The van der Waals surface area contributed by atoms with Gasteiger partial charge in [-0.25, -0.2) is 4.39 Å². The summed E-state index contributed by atoms with van der Waals surface area (Å²) in [5.41, 5.74) is 3.87. The minimum absolute atomic E-state index is 0.0721. The first-order chi connectivity index (χ1) is 12.2. The first-order valence-corrected chi connectivity index (χ1v) is 8.42. The van der Waals surface area contributed by atoms with E-state index in [0.717, 1.165) is 23.1 Å². The van der Waals surface area contributed by atoms with Gasteiger partial charge in [-0.3, -0.25) is 4.79 Å². The van der Waals surface area contributed by atoms with Gasteiger partial charge in [0.1, 0.15) is 5.82 Å². The molecule has 0 radical (unpaired) electrons. The lowest BCUT2D eigenvalue weighted by Crippen LogP contribution is -2.27. The Kier molecular flexibility index (Phi) is 4.06. The fourth-order valence-electron chi connectivity index (χ4n) is 3.64. The van der Waals surface area contributed by atoms with Crippen LogP contribution in [0.1, 0.15) is 45.4 Å². The number of benzene rings is 3. The lowest BCUT2D eigenvalue weighted by Gasteiger charge is -2.15. The van der Waals surface area contributed by atoms with Gasteiger partial charge in [0.25, 0.3) is 5.91 Å². The normalized spacial score (nSPS) is 18.6. The molecule has 1 N–H and O–H groups in total. The van der Waals surface area contributed by atoms with Crippen molar-refractivity contribution in [2.45, 2.75) is 18.4 Å². The second-order valence-corrected chi connectivity index (χ2v) is 6.36. The SMILES string of the molecule is O=C(N[C@@H]1C[C@@H](c2cccc(F)c2)c2ccccc21)c1ccccc1. The molecule has 0 fully saturated rings. The monoisotopic (exact) mass is 331 g/mol. The zero-order valence-electron chi connectivity index (χ0n) is 13.7. The largest absolute Gasteiger partial charge is 0.345 e. The molecule has 3 heteroatoms. The standard InChI is InChI=1S/C22H18FNO/c23-17-10-6-9-16(13-17)20-14-21(19-12-5-4-11-18(19)20)24-22(25)15-7-2-1-3-8-15/h1-13,20-21H,14H2,(H,24,25)/t20-,21+/m0/s1. The van der Waals surface area contributed by atoms with E-state index in [9.17, 15) is 9.18 Å². The van der Waals surface area contributed by atoms with Gasteiger partial charge >= 0.3 is 0 Å². The molecule has 0 saturated carbocycles. The van der Waals surface area contributed by atoms with Crippen LogP contribution in [0.15, 0.2) is 78.9 Å². The van der Waals surface area contributed by atoms with Crippen LogP contribution in [0.5, 0.6) is 0 Å². The molecule has 4 rings (SSSR count). The van der Waals surface area contributed by atoms with Crippen molar-refractivity contribution in [2.24, 2.45) is 0 Å². The summed E-state index contributed by atoms with van der Waals surface area (Å²) < 4.78 is 13.7. The van der Waals surface area contributed by atoms with E-state index in [0.29, 0.717) is 5.56 Å². The van der Waals surface area contributed by atoms with Crippen LogP contribution >= 0.6 is 0 Å². The van der Waals surface area contributed by atoms with Crippen molar-refractivity contribution < 1.29 is 9.18 Å². The molecule has 0 heterocycles. The highest BCUT2D eigenvalue weighted by atomic mass is 19.1. The number of nitrogens with one attached hydrogen (secondary N) is 1. The van der Waals surface area contributed by atoms with Gasteiger partial charge < -0.3 is 5.32 Å². The Morgan fingerprint density at radius 2 is 1.60 bits per heavy atom. The van der Waals surface area contributed by atoms with Crippen molar-refractivity contribution in [3.05, 3.63) is 107 Å². The average molecular weight is 331 g/mol. The molecule has 124 valence electrons. The molecule has 3 aromatic carbocycles. The van der Waals surface area contributed by atoms with E-state index in [1.54, 1.807) is 24.3 Å². The van der Waals surface area contributed by atoms with Gasteiger partial charge in [0.15, 0.2) is 0 Å². The predicted molar refractivity (Wildman–Crippen MR) is 96.0 cm³/mol. The van der Waals surface area contributed by atoms with E-state index >= 15 is 0 Å². The molecule has 0 spiro atoms.